The maximum atomic E-state index is 6.11. The average Bonchev–Trinajstić information content (AvgIpc) is 2.62. The molecule has 0 spiro atoms. The molecule has 1 aromatic heterocycles. The van der Waals surface area contributed by atoms with Crippen LogP contribution in [0.3, 0.4) is 0 Å². The molecule has 3 N–H and O–H groups in total. The Labute approximate surface area is 93.2 Å². The molecule has 0 saturated carbocycles. The first-order chi connectivity index (χ1) is 7.19. The van der Waals surface area contributed by atoms with Crippen LogP contribution in [0.5, 0.6) is 5.75 Å². The molecule has 2 aromatic rings. The molecule has 0 aliphatic heterocycles. The van der Waals surface area contributed by atoms with Crippen molar-refractivity contribution in [1.29, 1.82) is 0 Å². The number of benzene rings is 1. The molecule has 0 saturated heterocycles. The van der Waals surface area contributed by atoms with Gasteiger partial charge in [-0.25, -0.2) is 0 Å². The van der Waals surface area contributed by atoms with E-state index in [0.717, 1.165) is 22.0 Å². The van der Waals surface area contributed by atoms with Crippen LogP contribution in [0.1, 0.15) is 11.1 Å². The van der Waals surface area contributed by atoms with Crippen LogP contribution in [0.2, 0.25) is 5.02 Å². The second kappa shape index (κ2) is 3.76. The highest BCUT2D eigenvalue weighted by molar-refractivity contribution is 6.33. The monoisotopic (exact) mass is 224 g/mol. The Morgan fingerprint density at radius 2 is 2.27 bits per heavy atom. The smallest absolute Gasteiger partial charge is 0.147 e. The number of nitrogens with one attached hydrogen (secondary N) is 1. The third-order valence-electron chi connectivity index (χ3n) is 2.57. The number of hydrogen-bond donors (Lipinski definition) is 2. The molecule has 0 unspecified atom stereocenters. The molecule has 0 radical (unpaired) electrons. The van der Waals surface area contributed by atoms with Gasteiger partial charge in [0.2, 0.25) is 0 Å². The minimum Gasteiger partial charge on any atom is -0.494 e. The lowest BCUT2D eigenvalue weighted by molar-refractivity contribution is 0.420. The number of hydrogen-bond acceptors (Lipinski definition) is 2. The Kier molecular flexibility index (Phi) is 2.59. The summed E-state index contributed by atoms with van der Waals surface area (Å²) in [4.78, 5) is 3.19. The van der Waals surface area contributed by atoms with Crippen molar-refractivity contribution in [3.63, 3.8) is 0 Å². The standard InChI is InChI=1S/C11H13ClN2O/c1-6-3-8(12)11(15-2)9-7(4-13)5-14-10(6)9/h3,5,14H,4,13H2,1-2H3. The molecule has 3 nitrogen and oxygen atoms in total. The molecular weight excluding hydrogens is 212 g/mol. The first-order valence-corrected chi connectivity index (χ1v) is 5.10. The van der Waals surface area contributed by atoms with Crippen LogP contribution >= 0.6 is 11.6 Å². The van der Waals surface area contributed by atoms with Crippen molar-refractivity contribution < 1.29 is 4.74 Å². The summed E-state index contributed by atoms with van der Waals surface area (Å²) in [6.07, 6.45) is 1.90. The Morgan fingerprint density at radius 1 is 1.53 bits per heavy atom. The molecule has 0 aliphatic carbocycles. The minimum atomic E-state index is 0.468. The number of aromatic amines is 1. The van der Waals surface area contributed by atoms with E-state index in [4.69, 9.17) is 22.1 Å². The third-order valence-corrected chi connectivity index (χ3v) is 2.85. The summed E-state index contributed by atoms with van der Waals surface area (Å²) in [5.41, 5.74) is 8.82. The zero-order chi connectivity index (χ0) is 11.0. The van der Waals surface area contributed by atoms with Gasteiger partial charge in [0.15, 0.2) is 0 Å². The maximum absolute atomic E-state index is 6.11. The number of halogens is 1. The van der Waals surface area contributed by atoms with Crippen molar-refractivity contribution in [3.05, 3.63) is 28.4 Å². The topological polar surface area (TPSA) is 51.0 Å². The van der Waals surface area contributed by atoms with E-state index in [1.165, 1.54) is 0 Å². The quantitative estimate of drug-likeness (QED) is 0.824. The number of methoxy groups -OCH3 is 1. The first kappa shape index (κ1) is 10.3. The molecule has 0 amide bonds. The number of aromatic nitrogens is 1. The second-order valence-corrected chi connectivity index (χ2v) is 3.88. The van der Waals surface area contributed by atoms with Gasteiger partial charge < -0.3 is 15.5 Å². The number of H-pyrrole nitrogens is 1. The van der Waals surface area contributed by atoms with E-state index >= 15 is 0 Å². The molecule has 1 aromatic carbocycles. The van der Waals surface area contributed by atoms with E-state index in [-0.39, 0.29) is 0 Å². The number of rotatable bonds is 2. The van der Waals surface area contributed by atoms with Crippen LogP contribution in [0.15, 0.2) is 12.3 Å². The van der Waals surface area contributed by atoms with E-state index in [2.05, 4.69) is 4.98 Å². The maximum Gasteiger partial charge on any atom is 0.147 e. The fourth-order valence-electron chi connectivity index (χ4n) is 1.84. The Hall–Kier alpha value is -1.19. The lowest BCUT2D eigenvalue weighted by atomic mass is 10.1. The number of ether oxygens (including phenoxy) is 1. The Bertz CT molecular complexity index is 505. The normalized spacial score (nSPS) is 10.9. The summed E-state index contributed by atoms with van der Waals surface area (Å²) in [6.45, 7) is 2.47. The summed E-state index contributed by atoms with van der Waals surface area (Å²) >= 11 is 6.11. The lowest BCUT2D eigenvalue weighted by Crippen LogP contribution is -1.96. The fourth-order valence-corrected chi connectivity index (χ4v) is 2.18. The van der Waals surface area contributed by atoms with Gasteiger partial charge in [-0.3, -0.25) is 0 Å². The predicted octanol–water partition coefficient (Wildman–Crippen LogP) is 2.60. The van der Waals surface area contributed by atoms with Gasteiger partial charge in [-0.15, -0.1) is 0 Å². The molecule has 15 heavy (non-hydrogen) atoms. The van der Waals surface area contributed by atoms with E-state index < -0.39 is 0 Å². The molecule has 1 heterocycles. The van der Waals surface area contributed by atoms with Crippen LogP contribution in [0.4, 0.5) is 0 Å². The van der Waals surface area contributed by atoms with Crippen molar-refractivity contribution in [3.8, 4) is 5.75 Å². The predicted molar refractivity (Wildman–Crippen MR) is 62.5 cm³/mol. The molecule has 0 atom stereocenters. The fraction of sp³-hybridized carbons (Fsp3) is 0.273. The molecule has 0 bridgehead atoms. The van der Waals surface area contributed by atoms with E-state index in [0.29, 0.717) is 17.3 Å². The first-order valence-electron chi connectivity index (χ1n) is 4.72. The molecule has 4 heteroatoms. The summed E-state index contributed by atoms with van der Waals surface area (Å²) in [5.74, 6) is 0.693. The van der Waals surface area contributed by atoms with Gasteiger partial charge >= 0.3 is 0 Å². The summed E-state index contributed by atoms with van der Waals surface area (Å²) in [7, 11) is 1.61. The number of nitrogens with two attached hydrogens (primary N) is 1. The van der Waals surface area contributed by atoms with Crippen LogP contribution in [-0.2, 0) is 6.54 Å². The van der Waals surface area contributed by atoms with E-state index in [9.17, 15) is 0 Å². The van der Waals surface area contributed by atoms with Gasteiger partial charge in [0.25, 0.3) is 0 Å². The lowest BCUT2D eigenvalue weighted by Gasteiger charge is -2.08. The van der Waals surface area contributed by atoms with Crippen LogP contribution in [0.25, 0.3) is 10.9 Å². The van der Waals surface area contributed by atoms with Gasteiger partial charge in [0.05, 0.1) is 17.6 Å². The molecule has 0 fully saturated rings. The van der Waals surface area contributed by atoms with Crippen molar-refractivity contribution in [2.45, 2.75) is 13.5 Å². The van der Waals surface area contributed by atoms with Crippen molar-refractivity contribution >= 4 is 22.5 Å². The van der Waals surface area contributed by atoms with E-state index in [1.54, 1.807) is 7.11 Å². The van der Waals surface area contributed by atoms with Crippen LogP contribution in [0, 0.1) is 6.92 Å². The van der Waals surface area contributed by atoms with Crippen molar-refractivity contribution in [1.82, 2.24) is 4.98 Å². The van der Waals surface area contributed by atoms with Crippen molar-refractivity contribution in [2.75, 3.05) is 7.11 Å². The molecule has 0 aliphatic rings. The number of aryl methyl sites for hydroxylation is 1. The largest absolute Gasteiger partial charge is 0.494 e. The summed E-state index contributed by atoms with van der Waals surface area (Å²) in [6, 6.07) is 1.89. The van der Waals surface area contributed by atoms with E-state index in [1.807, 2.05) is 19.2 Å². The third kappa shape index (κ3) is 1.48. The highest BCUT2D eigenvalue weighted by Crippen LogP contribution is 2.37. The Balaban J connectivity index is 2.89. The van der Waals surface area contributed by atoms with Crippen LogP contribution < -0.4 is 10.5 Å². The second-order valence-electron chi connectivity index (χ2n) is 3.48. The molecular formula is C11H13ClN2O. The molecule has 80 valence electrons. The highest BCUT2D eigenvalue weighted by atomic mass is 35.5. The van der Waals surface area contributed by atoms with Gasteiger partial charge in [0.1, 0.15) is 5.75 Å². The van der Waals surface area contributed by atoms with Gasteiger partial charge in [-0.2, -0.15) is 0 Å². The Morgan fingerprint density at radius 3 is 2.87 bits per heavy atom. The van der Waals surface area contributed by atoms with Gasteiger partial charge in [0, 0.05) is 18.1 Å². The molecule has 2 rings (SSSR count). The van der Waals surface area contributed by atoms with Crippen LogP contribution in [-0.4, -0.2) is 12.1 Å². The highest BCUT2D eigenvalue weighted by Gasteiger charge is 2.13. The summed E-state index contributed by atoms with van der Waals surface area (Å²) < 4.78 is 5.31. The van der Waals surface area contributed by atoms with Gasteiger partial charge in [-0.05, 0) is 24.1 Å². The summed E-state index contributed by atoms with van der Waals surface area (Å²) in [5, 5.41) is 1.61. The van der Waals surface area contributed by atoms with Crippen molar-refractivity contribution in [2.24, 2.45) is 5.73 Å². The zero-order valence-electron chi connectivity index (χ0n) is 8.73. The minimum absolute atomic E-state index is 0.468. The number of fused-ring (bicyclic) bond motifs is 1. The SMILES string of the molecule is COc1c(Cl)cc(C)c2[nH]cc(CN)c12. The zero-order valence-corrected chi connectivity index (χ0v) is 9.48. The average molecular weight is 225 g/mol. The van der Waals surface area contributed by atoms with Gasteiger partial charge in [-0.1, -0.05) is 11.6 Å².